The molecule has 0 saturated carbocycles. The number of ether oxygens (including phenoxy) is 2. The second-order valence-electron chi connectivity index (χ2n) is 5.11. The number of hydrogen-bond acceptors (Lipinski definition) is 5. The second kappa shape index (κ2) is 8.27. The van der Waals surface area contributed by atoms with Crippen molar-refractivity contribution < 1.29 is 14.3 Å². The molecular weight excluding hydrogens is 292 g/mol. The molecule has 0 spiro atoms. The van der Waals surface area contributed by atoms with Crippen molar-refractivity contribution in [3.8, 4) is 17.1 Å². The van der Waals surface area contributed by atoms with E-state index in [1.165, 1.54) is 6.20 Å². The van der Waals surface area contributed by atoms with Crippen LogP contribution in [0, 0.1) is 6.92 Å². The highest BCUT2D eigenvalue weighted by atomic mass is 16.5. The largest absolute Gasteiger partial charge is 0.493 e. The monoisotopic (exact) mass is 314 g/mol. The van der Waals surface area contributed by atoms with Crippen molar-refractivity contribution in [3.05, 3.63) is 41.7 Å². The summed E-state index contributed by atoms with van der Waals surface area (Å²) in [6, 6.07) is 7.66. The van der Waals surface area contributed by atoms with Gasteiger partial charge in [0.15, 0.2) is 5.82 Å². The summed E-state index contributed by atoms with van der Waals surface area (Å²) >= 11 is 0. The van der Waals surface area contributed by atoms with E-state index in [0.29, 0.717) is 30.3 Å². The van der Waals surface area contributed by atoms with E-state index in [0.717, 1.165) is 24.2 Å². The van der Waals surface area contributed by atoms with Crippen LogP contribution in [0.15, 0.2) is 30.5 Å². The molecule has 1 aromatic carbocycles. The molecule has 0 atom stereocenters. The first-order chi connectivity index (χ1) is 11.2. The molecule has 23 heavy (non-hydrogen) atoms. The Morgan fingerprint density at radius 2 is 2.00 bits per heavy atom. The Labute approximate surface area is 136 Å². The molecule has 0 aliphatic rings. The van der Waals surface area contributed by atoms with Crippen LogP contribution in [-0.2, 0) is 4.74 Å². The van der Waals surface area contributed by atoms with Gasteiger partial charge in [-0.2, -0.15) is 0 Å². The third-order valence-electron chi connectivity index (χ3n) is 3.36. The molecule has 0 bridgehead atoms. The zero-order valence-electron chi connectivity index (χ0n) is 13.8. The zero-order chi connectivity index (χ0) is 16.7. The summed E-state index contributed by atoms with van der Waals surface area (Å²) < 4.78 is 10.8. The average molecular weight is 314 g/mol. The van der Waals surface area contributed by atoms with Gasteiger partial charge in [0.2, 0.25) is 0 Å². The van der Waals surface area contributed by atoms with Gasteiger partial charge in [-0.25, -0.2) is 14.8 Å². The molecular formula is C18H22N2O3. The van der Waals surface area contributed by atoms with E-state index in [1.54, 1.807) is 13.8 Å². The van der Waals surface area contributed by atoms with Crippen LogP contribution in [0.1, 0.15) is 42.7 Å². The normalized spacial score (nSPS) is 10.4. The van der Waals surface area contributed by atoms with Crippen LogP contribution in [0.4, 0.5) is 0 Å². The highest BCUT2D eigenvalue weighted by Gasteiger charge is 2.15. The lowest BCUT2D eigenvalue weighted by Crippen LogP contribution is -2.09. The number of carbonyl (C=O) groups excluding carboxylic acids is 1. The molecule has 0 radical (unpaired) electrons. The van der Waals surface area contributed by atoms with Gasteiger partial charge in [-0.05, 0) is 32.4 Å². The minimum Gasteiger partial charge on any atom is -0.493 e. The van der Waals surface area contributed by atoms with Gasteiger partial charge < -0.3 is 9.47 Å². The van der Waals surface area contributed by atoms with Crippen molar-refractivity contribution >= 4 is 5.97 Å². The van der Waals surface area contributed by atoms with Crippen LogP contribution in [0.2, 0.25) is 0 Å². The van der Waals surface area contributed by atoms with E-state index in [9.17, 15) is 4.79 Å². The smallest absolute Gasteiger partial charge is 0.341 e. The maximum absolute atomic E-state index is 11.8. The quantitative estimate of drug-likeness (QED) is 0.574. The van der Waals surface area contributed by atoms with Crippen LogP contribution in [0.3, 0.4) is 0 Å². The fraction of sp³-hybridized carbons (Fsp3) is 0.389. The lowest BCUT2D eigenvalue weighted by atomic mass is 10.1. The van der Waals surface area contributed by atoms with Gasteiger partial charge in [-0.1, -0.05) is 25.5 Å². The van der Waals surface area contributed by atoms with E-state index in [4.69, 9.17) is 9.47 Å². The first-order valence-electron chi connectivity index (χ1n) is 7.90. The molecule has 0 amide bonds. The van der Waals surface area contributed by atoms with Gasteiger partial charge in [-0.3, -0.25) is 0 Å². The Kier molecular flexibility index (Phi) is 6.09. The van der Waals surface area contributed by atoms with Crippen molar-refractivity contribution in [2.45, 2.75) is 33.6 Å². The van der Waals surface area contributed by atoms with Gasteiger partial charge in [0.1, 0.15) is 5.75 Å². The summed E-state index contributed by atoms with van der Waals surface area (Å²) in [6.45, 7) is 6.65. The van der Waals surface area contributed by atoms with Crippen molar-refractivity contribution in [1.82, 2.24) is 9.97 Å². The van der Waals surface area contributed by atoms with Gasteiger partial charge in [0, 0.05) is 6.20 Å². The number of nitrogens with zero attached hydrogens (tertiary/aromatic N) is 2. The molecule has 0 saturated heterocycles. The molecule has 0 fully saturated rings. The number of aryl methyl sites for hydroxylation is 1. The minimum absolute atomic E-state index is 0.328. The van der Waals surface area contributed by atoms with Crippen LogP contribution >= 0.6 is 0 Å². The molecule has 0 unspecified atom stereocenters. The number of rotatable bonds is 7. The van der Waals surface area contributed by atoms with Gasteiger partial charge in [-0.15, -0.1) is 0 Å². The SMILES string of the molecule is CCCCOc1ccccc1-c1ncc(C(=O)OCC)c(C)n1. The number of para-hydroxylation sites is 1. The van der Waals surface area contributed by atoms with Gasteiger partial charge in [0.25, 0.3) is 0 Å². The van der Waals surface area contributed by atoms with Gasteiger partial charge >= 0.3 is 5.97 Å². The summed E-state index contributed by atoms with van der Waals surface area (Å²) in [5, 5.41) is 0. The summed E-state index contributed by atoms with van der Waals surface area (Å²) in [7, 11) is 0. The van der Waals surface area contributed by atoms with Crippen LogP contribution in [-0.4, -0.2) is 29.2 Å². The maximum Gasteiger partial charge on any atom is 0.341 e. The maximum atomic E-state index is 11.8. The summed E-state index contributed by atoms with van der Waals surface area (Å²) in [5.41, 5.74) is 1.80. The van der Waals surface area contributed by atoms with E-state index in [-0.39, 0.29) is 0 Å². The number of hydrogen-bond donors (Lipinski definition) is 0. The van der Waals surface area contributed by atoms with E-state index < -0.39 is 5.97 Å². The molecule has 2 rings (SSSR count). The summed E-state index contributed by atoms with van der Waals surface area (Å²) in [6.07, 6.45) is 3.58. The predicted octanol–water partition coefficient (Wildman–Crippen LogP) is 3.81. The summed E-state index contributed by atoms with van der Waals surface area (Å²) in [5.74, 6) is 0.899. The third kappa shape index (κ3) is 4.28. The highest BCUT2D eigenvalue weighted by Crippen LogP contribution is 2.27. The fourth-order valence-electron chi connectivity index (χ4n) is 2.11. The molecule has 1 aromatic heterocycles. The first-order valence-corrected chi connectivity index (χ1v) is 7.90. The molecule has 0 aliphatic carbocycles. The number of benzene rings is 1. The molecule has 0 aliphatic heterocycles. The molecule has 1 heterocycles. The Hall–Kier alpha value is -2.43. The molecule has 2 aromatic rings. The van der Waals surface area contributed by atoms with Crippen molar-refractivity contribution in [1.29, 1.82) is 0 Å². The number of unbranched alkanes of at least 4 members (excludes halogenated alkanes) is 1. The van der Waals surface area contributed by atoms with E-state index in [2.05, 4.69) is 16.9 Å². The highest BCUT2D eigenvalue weighted by molar-refractivity contribution is 5.90. The number of aromatic nitrogens is 2. The minimum atomic E-state index is -0.399. The molecule has 122 valence electrons. The fourth-order valence-corrected chi connectivity index (χ4v) is 2.11. The van der Waals surface area contributed by atoms with E-state index >= 15 is 0 Å². The lowest BCUT2D eigenvalue weighted by molar-refractivity contribution is 0.0524. The lowest BCUT2D eigenvalue weighted by Gasteiger charge is -2.11. The van der Waals surface area contributed by atoms with Gasteiger partial charge in [0.05, 0.1) is 30.0 Å². The number of esters is 1. The Morgan fingerprint density at radius 1 is 1.22 bits per heavy atom. The Morgan fingerprint density at radius 3 is 2.70 bits per heavy atom. The molecule has 0 N–H and O–H groups in total. The predicted molar refractivity (Wildman–Crippen MR) is 88.6 cm³/mol. The second-order valence-corrected chi connectivity index (χ2v) is 5.11. The zero-order valence-corrected chi connectivity index (χ0v) is 13.8. The van der Waals surface area contributed by atoms with Crippen LogP contribution < -0.4 is 4.74 Å². The first kappa shape index (κ1) is 16.9. The average Bonchev–Trinajstić information content (AvgIpc) is 2.55. The standard InChI is InChI=1S/C18H22N2O3/c1-4-6-11-23-16-10-8-7-9-14(16)17-19-12-15(13(3)20-17)18(21)22-5-2/h7-10,12H,4-6,11H2,1-3H3. The third-order valence-corrected chi connectivity index (χ3v) is 3.36. The van der Waals surface area contributed by atoms with Crippen molar-refractivity contribution in [2.24, 2.45) is 0 Å². The van der Waals surface area contributed by atoms with Crippen LogP contribution in [0.25, 0.3) is 11.4 Å². The van der Waals surface area contributed by atoms with E-state index in [1.807, 2.05) is 24.3 Å². The topological polar surface area (TPSA) is 61.3 Å². The molecule has 5 heteroatoms. The van der Waals surface area contributed by atoms with Crippen molar-refractivity contribution in [2.75, 3.05) is 13.2 Å². The number of carbonyl (C=O) groups is 1. The Bertz CT molecular complexity index is 671. The Balaban J connectivity index is 2.28. The summed E-state index contributed by atoms with van der Waals surface area (Å²) in [4.78, 5) is 20.6. The van der Waals surface area contributed by atoms with Crippen LogP contribution in [0.5, 0.6) is 5.75 Å². The van der Waals surface area contributed by atoms with Crippen molar-refractivity contribution in [3.63, 3.8) is 0 Å². The molecule has 5 nitrogen and oxygen atoms in total.